The summed E-state index contributed by atoms with van der Waals surface area (Å²) < 4.78 is 6.17. The first-order chi connectivity index (χ1) is 9.78. The molecule has 3 rings (SSSR count). The molecule has 0 aliphatic carbocycles. The fourth-order valence-electron chi connectivity index (χ4n) is 1.82. The molecule has 0 aromatic carbocycles. The zero-order chi connectivity index (χ0) is 13.9. The normalized spacial score (nSPS) is 10.7. The van der Waals surface area contributed by atoms with Crippen molar-refractivity contribution in [1.29, 1.82) is 0 Å². The number of esters is 1. The van der Waals surface area contributed by atoms with E-state index in [2.05, 4.69) is 24.8 Å². The van der Waals surface area contributed by atoms with Crippen LogP contribution in [0.15, 0.2) is 36.7 Å². The Kier molecular flexibility index (Phi) is 3.08. The second-order valence-electron chi connectivity index (χ2n) is 4.04. The average molecular weight is 269 g/mol. The van der Waals surface area contributed by atoms with E-state index in [1.54, 1.807) is 23.0 Å². The van der Waals surface area contributed by atoms with Crippen molar-refractivity contribution in [3.63, 3.8) is 0 Å². The summed E-state index contributed by atoms with van der Waals surface area (Å²) in [6.45, 7) is 0. The summed E-state index contributed by atoms with van der Waals surface area (Å²) in [7, 11) is 1.33. The van der Waals surface area contributed by atoms with Gasteiger partial charge in [0, 0.05) is 12.4 Å². The van der Waals surface area contributed by atoms with Crippen molar-refractivity contribution in [2.24, 2.45) is 0 Å². The van der Waals surface area contributed by atoms with Gasteiger partial charge in [0.1, 0.15) is 6.42 Å². The molecule has 7 nitrogen and oxygen atoms in total. The fourth-order valence-corrected chi connectivity index (χ4v) is 1.82. The molecule has 3 heterocycles. The maximum Gasteiger partial charge on any atom is 0.313 e. The Labute approximate surface area is 114 Å². The van der Waals surface area contributed by atoms with Crippen LogP contribution in [0.25, 0.3) is 17.2 Å². The molecular formula is C13H11N5O2. The third-order valence-corrected chi connectivity index (χ3v) is 2.74. The minimum absolute atomic E-state index is 0.0154. The highest BCUT2D eigenvalue weighted by atomic mass is 16.5. The number of aromatic nitrogens is 5. The zero-order valence-corrected chi connectivity index (χ0v) is 10.7. The Bertz CT molecular complexity index is 754. The van der Waals surface area contributed by atoms with Gasteiger partial charge in [-0.15, -0.1) is 5.10 Å². The molecule has 0 saturated heterocycles. The molecule has 0 aliphatic heterocycles. The summed E-state index contributed by atoms with van der Waals surface area (Å²) in [5.41, 5.74) is 1.52. The number of hydrogen-bond donors (Lipinski definition) is 0. The molecular weight excluding hydrogens is 258 g/mol. The van der Waals surface area contributed by atoms with Gasteiger partial charge in [-0.3, -0.25) is 9.78 Å². The molecule has 0 bridgehead atoms. The first kappa shape index (κ1) is 12.2. The number of pyridine rings is 1. The Balaban J connectivity index is 2.08. The number of nitrogens with zero attached hydrogens (tertiary/aromatic N) is 5. The van der Waals surface area contributed by atoms with Gasteiger partial charge in [-0.25, -0.2) is 4.98 Å². The van der Waals surface area contributed by atoms with Gasteiger partial charge in [-0.2, -0.15) is 9.50 Å². The second kappa shape index (κ2) is 5.04. The number of carbonyl (C=O) groups excluding carboxylic acids is 1. The number of ether oxygens (including phenoxy) is 1. The predicted octanol–water partition coefficient (Wildman–Crippen LogP) is 0.902. The van der Waals surface area contributed by atoms with E-state index in [1.807, 2.05) is 18.2 Å². The lowest BCUT2D eigenvalue weighted by Gasteiger charge is -2.01. The first-order valence-electron chi connectivity index (χ1n) is 5.97. The van der Waals surface area contributed by atoms with Crippen LogP contribution >= 0.6 is 0 Å². The molecule has 0 atom stereocenters. The first-order valence-corrected chi connectivity index (χ1v) is 5.97. The van der Waals surface area contributed by atoms with E-state index >= 15 is 0 Å². The Morgan fingerprint density at radius 2 is 2.15 bits per heavy atom. The van der Waals surface area contributed by atoms with Crippen molar-refractivity contribution in [3.8, 4) is 11.4 Å². The molecule has 0 unspecified atom stereocenters. The lowest BCUT2D eigenvalue weighted by atomic mass is 10.2. The number of rotatable bonds is 3. The largest absolute Gasteiger partial charge is 0.469 e. The molecule has 100 valence electrons. The zero-order valence-electron chi connectivity index (χ0n) is 10.7. The second-order valence-corrected chi connectivity index (χ2v) is 4.04. The Hall–Kier alpha value is -2.83. The molecule has 20 heavy (non-hydrogen) atoms. The number of hydrogen-bond acceptors (Lipinski definition) is 6. The number of methoxy groups -OCH3 is 1. The van der Waals surface area contributed by atoms with Crippen molar-refractivity contribution in [2.45, 2.75) is 6.42 Å². The van der Waals surface area contributed by atoms with Gasteiger partial charge < -0.3 is 4.74 Å². The number of fused-ring (bicyclic) bond motifs is 1. The van der Waals surface area contributed by atoms with Crippen LogP contribution in [0.1, 0.15) is 5.82 Å². The van der Waals surface area contributed by atoms with E-state index in [-0.39, 0.29) is 12.4 Å². The Morgan fingerprint density at radius 1 is 1.25 bits per heavy atom. The van der Waals surface area contributed by atoms with Crippen LogP contribution < -0.4 is 0 Å². The maximum absolute atomic E-state index is 11.3. The fraction of sp³-hybridized carbons (Fsp3) is 0.154. The third kappa shape index (κ3) is 2.20. The molecule has 0 radical (unpaired) electrons. The van der Waals surface area contributed by atoms with Gasteiger partial charge in [0.25, 0.3) is 5.78 Å². The van der Waals surface area contributed by atoms with Crippen LogP contribution in [-0.4, -0.2) is 37.6 Å². The van der Waals surface area contributed by atoms with Gasteiger partial charge in [0.05, 0.1) is 18.5 Å². The highest BCUT2D eigenvalue weighted by Gasteiger charge is 2.13. The van der Waals surface area contributed by atoms with E-state index in [0.29, 0.717) is 11.6 Å². The van der Waals surface area contributed by atoms with Crippen LogP contribution in [0.2, 0.25) is 0 Å². The van der Waals surface area contributed by atoms with E-state index in [1.165, 1.54) is 7.11 Å². The molecule has 3 aromatic rings. The van der Waals surface area contributed by atoms with Crippen LogP contribution in [0.4, 0.5) is 0 Å². The van der Waals surface area contributed by atoms with Gasteiger partial charge in [-0.1, -0.05) is 6.07 Å². The Morgan fingerprint density at radius 3 is 2.90 bits per heavy atom. The lowest BCUT2D eigenvalue weighted by molar-refractivity contribution is -0.139. The molecule has 0 aliphatic rings. The SMILES string of the molecule is COC(=O)Cc1nc2nccc(-c3ccccn3)n2n1. The molecule has 0 saturated carbocycles. The predicted molar refractivity (Wildman–Crippen MR) is 69.7 cm³/mol. The quantitative estimate of drug-likeness (QED) is 0.657. The van der Waals surface area contributed by atoms with Crippen LogP contribution in [0.5, 0.6) is 0 Å². The smallest absolute Gasteiger partial charge is 0.313 e. The van der Waals surface area contributed by atoms with Crippen LogP contribution in [0, 0.1) is 0 Å². The highest BCUT2D eigenvalue weighted by Crippen LogP contribution is 2.16. The monoisotopic (exact) mass is 269 g/mol. The van der Waals surface area contributed by atoms with Crippen molar-refractivity contribution in [2.75, 3.05) is 7.11 Å². The summed E-state index contributed by atoms with van der Waals surface area (Å²) >= 11 is 0. The highest BCUT2D eigenvalue weighted by molar-refractivity contribution is 5.71. The van der Waals surface area contributed by atoms with E-state index in [9.17, 15) is 4.79 Å². The lowest BCUT2D eigenvalue weighted by Crippen LogP contribution is -2.06. The van der Waals surface area contributed by atoms with Crippen molar-refractivity contribution >= 4 is 11.7 Å². The summed E-state index contributed by atoms with van der Waals surface area (Å²) in [5.74, 6) is 0.403. The van der Waals surface area contributed by atoms with Crippen molar-refractivity contribution < 1.29 is 9.53 Å². The van der Waals surface area contributed by atoms with E-state index in [4.69, 9.17) is 0 Å². The number of carbonyl (C=O) groups is 1. The minimum atomic E-state index is -0.389. The van der Waals surface area contributed by atoms with Gasteiger partial charge >= 0.3 is 5.97 Å². The molecule has 0 fully saturated rings. The minimum Gasteiger partial charge on any atom is -0.469 e. The van der Waals surface area contributed by atoms with Crippen LogP contribution in [0.3, 0.4) is 0 Å². The summed E-state index contributed by atoms with van der Waals surface area (Å²) in [6.07, 6.45) is 3.35. The standard InChI is InChI=1S/C13H11N5O2/c1-20-12(19)8-11-16-13-15-7-5-10(18(13)17-11)9-4-2-3-6-14-9/h2-7H,8H2,1H3. The molecule has 0 amide bonds. The average Bonchev–Trinajstić information content (AvgIpc) is 2.90. The van der Waals surface area contributed by atoms with Gasteiger partial charge in [-0.05, 0) is 18.2 Å². The van der Waals surface area contributed by atoms with E-state index in [0.717, 1.165) is 11.4 Å². The summed E-state index contributed by atoms with van der Waals surface area (Å²) in [6, 6.07) is 7.40. The third-order valence-electron chi connectivity index (χ3n) is 2.74. The van der Waals surface area contributed by atoms with E-state index < -0.39 is 0 Å². The maximum atomic E-state index is 11.3. The van der Waals surface area contributed by atoms with Gasteiger partial charge in [0.15, 0.2) is 5.82 Å². The summed E-state index contributed by atoms with van der Waals surface area (Å²) in [4.78, 5) is 23.9. The van der Waals surface area contributed by atoms with Gasteiger partial charge in [0.2, 0.25) is 0 Å². The van der Waals surface area contributed by atoms with Crippen molar-refractivity contribution in [1.82, 2.24) is 24.6 Å². The molecule has 7 heteroatoms. The molecule has 0 N–H and O–H groups in total. The van der Waals surface area contributed by atoms with Crippen molar-refractivity contribution in [3.05, 3.63) is 42.5 Å². The summed E-state index contributed by atoms with van der Waals surface area (Å²) in [5, 5.41) is 4.28. The topological polar surface area (TPSA) is 82.3 Å². The molecule has 0 spiro atoms. The van der Waals surface area contributed by atoms with Crippen LogP contribution in [-0.2, 0) is 16.0 Å². The molecule has 3 aromatic heterocycles.